The molecular weight excluding hydrogens is 378 g/mol. The molecule has 2 aromatic rings. The molecule has 30 heavy (non-hydrogen) atoms. The van der Waals surface area contributed by atoms with Crippen LogP contribution in [0.25, 0.3) is 6.08 Å². The van der Waals surface area contributed by atoms with E-state index in [-0.39, 0.29) is 11.6 Å². The van der Waals surface area contributed by atoms with E-state index in [1.165, 1.54) is 24.5 Å². The van der Waals surface area contributed by atoms with Gasteiger partial charge >= 0.3 is 0 Å². The normalized spacial score (nSPS) is 14.5. The van der Waals surface area contributed by atoms with Crippen LogP contribution in [0.1, 0.15) is 55.2 Å². The summed E-state index contributed by atoms with van der Waals surface area (Å²) >= 11 is 0. The van der Waals surface area contributed by atoms with E-state index >= 15 is 0 Å². The van der Waals surface area contributed by atoms with Gasteiger partial charge in [0, 0.05) is 6.42 Å². The number of nitrogens with one attached hydrogen (secondary N) is 1. The van der Waals surface area contributed by atoms with Crippen molar-refractivity contribution in [3.63, 3.8) is 0 Å². The van der Waals surface area contributed by atoms with Gasteiger partial charge in [-0.05, 0) is 48.6 Å². The van der Waals surface area contributed by atoms with Crippen LogP contribution in [0, 0.1) is 12.8 Å². The Bertz CT molecular complexity index is 896. The highest BCUT2D eigenvalue weighted by Crippen LogP contribution is 2.28. The third-order valence-electron chi connectivity index (χ3n) is 5.43. The molecule has 0 aromatic heterocycles. The largest absolute Gasteiger partial charge is 0.543 e. The Morgan fingerprint density at radius 2 is 1.87 bits per heavy atom. The summed E-state index contributed by atoms with van der Waals surface area (Å²) in [6.07, 6.45) is 7.32. The summed E-state index contributed by atoms with van der Waals surface area (Å²) in [6, 6.07) is 15.1. The standard InChI is InChI=1S/C25H29NO4/c1-18-5-4-8-21(15-18)17-30-22-12-9-20(10-13-22)16-23(25(28)29)26-24(27)14-11-19-6-2-3-7-19/h4-5,8-10,12-13,15-16,19H,2-3,6-7,11,14,17H2,1H3,(H,26,27)(H,28,29)/p-1/b23-16-. The van der Waals surface area contributed by atoms with E-state index < -0.39 is 5.97 Å². The number of rotatable bonds is 9. The monoisotopic (exact) mass is 406 g/mol. The van der Waals surface area contributed by atoms with Gasteiger partial charge in [-0.15, -0.1) is 0 Å². The molecule has 0 spiro atoms. The van der Waals surface area contributed by atoms with Gasteiger partial charge in [0.2, 0.25) is 5.91 Å². The van der Waals surface area contributed by atoms with Crippen molar-refractivity contribution in [3.8, 4) is 5.75 Å². The molecule has 158 valence electrons. The highest BCUT2D eigenvalue weighted by atomic mass is 16.5. The second-order valence-corrected chi connectivity index (χ2v) is 7.93. The van der Waals surface area contributed by atoms with Crippen molar-refractivity contribution in [1.29, 1.82) is 0 Å². The molecule has 0 atom stereocenters. The second kappa shape index (κ2) is 10.6. The first-order chi connectivity index (χ1) is 14.5. The number of carboxylic acids is 1. The van der Waals surface area contributed by atoms with Crippen molar-refractivity contribution in [2.45, 2.75) is 52.1 Å². The van der Waals surface area contributed by atoms with Gasteiger partial charge in [0.25, 0.3) is 0 Å². The Morgan fingerprint density at radius 3 is 2.53 bits per heavy atom. The molecule has 3 rings (SSSR count). The van der Waals surface area contributed by atoms with Crippen molar-refractivity contribution >= 4 is 18.0 Å². The Kier molecular flexibility index (Phi) is 7.66. The van der Waals surface area contributed by atoms with Gasteiger partial charge in [0.15, 0.2) is 0 Å². The molecule has 0 saturated heterocycles. The first-order valence-electron chi connectivity index (χ1n) is 10.5. The smallest absolute Gasteiger partial charge is 0.224 e. The van der Waals surface area contributed by atoms with Gasteiger partial charge in [-0.3, -0.25) is 4.79 Å². The van der Waals surface area contributed by atoms with Crippen LogP contribution in [0.4, 0.5) is 0 Å². The average Bonchev–Trinajstić information content (AvgIpc) is 3.25. The van der Waals surface area contributed by atoms with Gasteiger partial charge in [0.05, 0.1) is 11.7 Å². The molecule has 1 fully saturated rings. The van der Waals surface area contributed by atoms with Crippen LogP contribution in [0.15, 0.2) is 54.2 Å². The number of carbonyl (C=O) groups is 2. The summed E-state index contributed by atoms with van der Waals surface area (Å²) in [5.74, 6) is -0.415. The minimum absolute atomic E-state index is 0.222. The minimum atomic E-state index is -1.40. The Morgan fingerprint density at radius 1 is 1.13 bits per heavy atom. The van der Waals surface area contributed by atoms with E-state index in [9.17, 15) is 14.7 Å². The zero-order valence-corrected chi connectivity index (χ0v) is 17.4. The highest BCUT2D eigenvalue weighted by molar-refractivity contribution is 5.95. The van der Waals surface area contributed by atoms with Crippen LogP contribution >= 0.6 is 0 Å². The van der Waals surface area contributed by atoms with Crippen LogP contribution in [0.5, 0.6) is 5.75 Å². The van der Waals surface area contributed by atoms with Gasteiger partial charge in [0.1, 0.15) is 12.4 Å². The molecule has 0 heterocycles. The maximum atomic E-state index is 12.1. The van der Waals surface area contributed by atoms with Gasteiger partial charge in [-0.2, -0.15) is 0 Å². The summed E-state index contributed by atoms with van der Waals surface area (Å²) in [4.78, 5) is 23.6. The Hall–Kier alpha value is -3.08. The van der Waals surface area contributed by atoms with Crippen LogP contribution < -0.4 is 15.2 Å². The second-order valence-electron chi connectivity index (χ2n) is 7.93. The van der Waals surface area contributed by atoms with Crippen molar-refractivity contribution in [1.82, 2.24) is 5.32 Å². The molecule has 0 bridgehead atoms. The maximum Gasteiger partial charge on any atom is 0.224 e. The number of benzene rings is 2. The molecule has 5 nitrogen and oxygen atoms in total. The van der Waals surface area contributed by atoms with E-state index in [1.54, 1.807) is 24.3 Å². The fraction of sp³-hybridized carbons (Fsp3) is 0.360. The van der Waals surface area contributed by atoms with Crippen LogP contribution in [-0.4, -0.2) is 11.9 Å². The lowest BCUT2D eigenvalue weighted by atomic mass is 10.0. The SMILES string of the molecule is Cc1cccc(COc2ccc(/C=C(\NC(=O)CCC3CCCC3)C(=O)[O-])cc2)c1. The molecule has 0 aliphatic heterocycles. The van der Waals surface area contributed by atoms with E-state index in [0.717, 1.165) is 24.8 Å². The number of aryl methyl sites for hydroxylation is 1. The molecule has 1 amide bonds. The lowest BCUT2D eigenvalue weighted by molar-refractivity contribution is -0.299. The fourth-order valence-corrected chi connectivity index (χ4v) is 3.79. The quantitative estimate of drug-likeness (QED) is 0.643. The number of hydrogen-bond acceptors (Lipinski definition) is 4. The molecular formula is C25H28NO4-. The third kappa shape index (κ3) is 6.76. The minimum Gasteiger partial charge on any atom is -0.543 e. The average molecular weight is 407 g/mol. The Labute approximate surface area is 177 Å². The first-order valence-corrected chi connectivity index (χ1v) is 10.5. The Balaban J connectivity index is 1.55. The predicted octanol–water partition coefficient (Wildman–Crippen LogP) is 3.75. The first kappa shape index (κ1) is 21.6. The summed E-state index contributed by atoms with van der Waals surface area (Å²) in [7, 11) is 0. The topological polar surface area (TPSA) is 78.5 Å². The van der Waals surface area contributed by atoms with Gasteiger partial charge in [-0.1, -0.05) is 67.6 Å². The molecule has 5 heteroatoms. The van der Waals surface area contributed by atoms with E-state index in [0.29, 0.717) is 30.3 Å². The van der Waals surface area contributed by atoms with Crippen LogP contribution in [-0.2, 0) is 16.2 Å². The third-order valence-corrected chi connectivity index (χ3v) is 5.43. The maximum absolute atomic E-state index is 12.1. The van der Waals surface area contributed by atoms with Crippen molar-refractivity contribution < 1.29 is 19.4 Å². The van der Waals surface area contributed by atoms with E-state index in [4.69, 9.17) is 4.74 Å². The predicted molar refractivity (Wildman–Crippen MR) is 114 cm³/mol. The molecule has 1 N–H and O–H groups in total. The van der Waals surface area contributed by atoms with Crippen molar-refractivity contribution in [2.24, 2.45) is 5.92 Å². The summed E-state index contributed by atoms with van der Waals surface area (Å²) < 4.78 is 5.78. The molecule has 1 saturated carbocycles. The lowest BCUT2D eigenvalue weighted by Gasteiger charge is -2.13. The van der Waals surface area contributed by atoms with Gasteiger partial charge in [-0.25, -0.2) is 0 Å². The van der Waals surface area contributed by atoms with Crippen LogP contribution in [0.3, 0.4) is 0 Å². The lowest BCUT2D eigenvalue weighted by Crippen LogP contribution is -2.35. The number of amides is 1. The molecule has 1 aliphatic carbocycles. The van der Waals surface area contributed by atoms with Crippen molar-refractivity contribution in [2.75, 3.05) is 0 Å². The highest BCUT2D eigenvalue weighted by Gasteiger charge is 2.16. The van der Waals surface area contributed by atoms with E-state index in [2.05, 4.69) is 11.4 Å². The molecule has 1 aliphatic rings. The number of carboxylic acid groups (broad SMARTS) is 1. The van der Waals surface area contributed by atoms with Crippen LogP contribution in [0.2, 0.25) is 0 Å². The number of ether oxygens (including phenoxy) is 1. The summed E-state index contributed by atoms with van der Waals surface area (Å²) in [5.41, 5.74) is 2.68. The zero-order valence-electron chi connectivity index (χ0n) is 17.4. The van der Waals surface area contributed by atoms with E-state index in [1.807, 2.05) is 25.1 Å². The van der Waals surface area contributed by atoms with Gasteiger partial charge < -0.3 is 20.0 Å². The molecule has 0 unspecified atom stereocenters. The molecule has 0 radical (unpaired) electrons. The number of aliphatic carboxylic acids is 1. The fourth-order valence-electron chi connectivity index (χ4n) is 3.79. The zero-order chi connectivity index (χ0) is 21.3. The number of hydrogen-bond donors (Lipinski definition) is 1. The summed E-state index contributed by atoms with van der Waals surface area (Å²) in [5, 5.41) is 13.9. The van der Waals surface area contributed by atoms with Crippen molar-refractivity contribution in [3.05, 3.63) is 70.9 Å². The molecule has 2 aromatic carbocycles. The number of carbonyl (C=O) groups excluding carboxylic acids is 2. The summed E-state index contributed by atoms with van der Waals surface area (Å²) in [6.45, 7) is 2.49.